The van der Waals surface area contributed by atoms with Crippen LogP contribution in [0.2, 0.25) is 0 Å². The smallest absolute Gasteiger partial charge is 0.206 e. The number of fused-ring (bicyclic) bond motifs is 1. The number of benzene rings is 4. The van der Waals surface area contributed by atoms with Gasteiger partial charge in [-0.2, -0.15) is 13.2 Å². The van der Waals surface area contributed by atoms with Crippen LogP contribution in [0.5, 0.6) is 0 Å². The maximum atomic E-state index is 15.0. The van der Waals surface area contributed by atoms with Gasteiger partial charge in [0.15, 0.2) is 0 Å². The normalized spacial score (nSPS) is 11.2. The molecule has 5 heteroatoms. The van der Waals surface area contributed by atoms with Crippen LogP contribution in [-0.4, -0.2) is 0 Å². The summed E-state index contributed by atoms with van der Waals surface area (Å²) in [5.41, 5.74) is 1.55. The van der Waals surface area contributed by atoms with Crippen molar-refractivity contribution in [1.82, 2.24) is 0 Å². The quantitative estimate of drug-likeness (QED) is 0.150. The highest BCUT2D eigenvalue weighted by molar-refractivity contribution is 5.86. The molecule has 0 aromatic heterocycles. The number of halogens is 5. The molecular weight excluding hydrogens is 479 g/mol. The highest BCUT2D eigenvalue weighted by atomic mass is 19.4. The molecule has 0 amide bonds. The predicted molar refractivity (Wildman–Crippen MR) is 137 cm³/mol. The SMILES string of the molecule is C/C=C/CCc1ccc(C#Cc2ccc3c(F)c(C#Cc4ccc(C(F)(F)F)c(F)c4)ccc3c2)cc1. The van der Waals surface area contributed by atoms with Gasteiger partial charge in [-0.15, -0.1) is 0 Å². The number of alkyl halides is 3. The van der Waals surface area contributed by atoms with Gasteiger partial charge in [-0.3, -0.25) is 0 Å². The lowest BCUT2D eigenvalue weighted by Crippen LogP contribution is -2.07. The van der Waals surface area contributed by atoms with E-state index in [2.05, 4.69) is 41.9 Å². The van der Waals surface area contributed by atoms with E-state index in [0.717, 1.165) is 30.0 Å². The minimum Gasteiger partial charge on any atom is -0.206 e. The molecule has 0 unspecified atom stereocenters. The summed E-state index contributed by atoms with van der Waals surface area (Å²) >= 11 is 0. The first-order chi connectivity index (χ1) is 17.7. The molecule has 0 atom stereocenters. The Morgan fingerprint density at radius 3 is 2.08 bits per heavy atom. The van der Waals surface area contributed by atoms with Crippen LogP contribution in [0.25, 0.3) is 10.8 Å². The Morgan fingerprint density at radius 1 is 0.730 bits per heavy atom. The Balaban J connectivity index is 1.53. The summed E-state index contributed by atoms with van der Waals surface area (Å²) in [5.74, 6) is 9.35. The van der Waals surface area contributed by atoms with Crippen molar-refractivity contribution < 1.29 is 22.0 Å². The predicted octanol–water partition coefficient (Wildman–Crippen LogP) is 8.45. The summed E-state index contributed by atoms with van der Waals surface area (Å²) in [7, 11) is 0. The van der Waals surface area contributed by atoms with E-state index in [0.29, 0.717) is 22.9 Å². The van der Waals surface area contributed by atoms with Crippen LogP contribution in [0.1, 0.15) is 46.7 Å². The molecule has 0 bridgehead atoms. The zero-order chi connectivity index (χ0) is 26.4. The molecule has 0 aliphatic heterocycles. The van der Waals surface area contributed by atoms with Gasteiger partial charge in [0.05, 0.1) is 11.1 Å². The first kappa shape index (κ1) is 25.7. The first-order valence-electron chi connectivity index (χ1n) is 11.6. The van der Waals surface area contributed by atoms with E-state index < -0.39 is 23.4 Å². The van der Waals surface area contributed by atoms with Crippen LogP contribution in [0.15, 0.2) is 84.9 Å². The summed E-state index contributed by atoms with van der Waals surface area (Å²) in [6.45, 7) is 2.00. The van der Waals surface area contributed by atoms with E-state index in [4.69, 9.17) is 0 Å². The summed E-state index contributed by atoms with van der Waals surface area (Å²) < 4.78 is 67.0. The van der Waals surface area contributed by atoms with Gasteiger partial charge in [-0.25, -0.2) is 8.78 Å². The van der Waals surface area contributed by atoms with E-state index in [1.807, 2.05) is 25.1 Å². The van der Waals surface area contributed by atoms with Gasteiger partial charge >= 0.3 is 6.18 Å². The second-order valence-electron chi connectivity index (χ2n) is 8.36. The van der Waals surface area contributed by atoms with Gasteiger partial charge in [0.25, 0.3) is 0 Å². The van der Waals surface area contributed by atoms with E-state index in [9.17, 15) is 17.6 Å². The van der Waals surface area contributed by atoms with Crippen molar-refractivity contribution in [3.05, 3.63) is 130 Å². The van der Waals surface area contributed by atoms with Crippen LogP contribution >= 0.6 is 0 Å². The first-order valence-corrected chi connectivity index (χ1v) is 11.6. The largest absolute Gasteiger partial charge is 0.419 e. The van der Waals surface area contributed by atoms with Crippen LogP contribution < -0.4 is 0 Å². The van der Waals surface area contributed by atoms with Gasteiger partial charge < -0.3 is 0 Å². The molecule has 0 saturated heterocycles. The van der Waals surface area contributed by atoms with Crippen molar-refractivity contribution in [1.29, 1.82) is 0 Å². The maximum Gasteiger partial charge on any atom is 0.419 e. The molecule has 0 nitrogen and oxygen atoms in total. The van der Waals surface area contributed by atoms with Gasteiger partial charge in [-0.05, 0) is 79.2 Å². The lowest BCUT2D eigenvalue weighted by atomic mass is 10.0. The van der Waals surface area contributed by atoms with E-state index in [-0.39, 0.29) is 11.1 Å². The minimum absolute atomic E-state index is 0.0152. The molecule has 0 aliphatic carbocycles. The van der Waals surface area contributed by atoms with Crippen LogP contribution in [0, 0.1) is 35.3 Å². The number of hydrogen-bond donors (Lipinski definition) is 0. The Kier molecular flexibility index (Phi) is 7.75. The van der Waals surface area contributed by atoms with Crippen molar-refractivity contribution in [2.24, 2.45) is 0 Å². The number of allylic oxidation sites excluding steroid dienone is 2. The fourth-order valence-corrected chi connectivity index (χ4v) is 3.74. The third-order valence-corrected chi connectivity index (χ3v) is 5.71. The summed E-state index contributed by atoms with van der Waals surface area (Å²) in [6, 6.07) is 18.7. The second kappa shape index (κ2) is 11.1. The molecule has 0 saturated carbocycles. The Labute approximate surface area is 212 Å². The molecule has 37 heavy (non-hydrogen) atoms. The second-order valence-corrected chi connectivity index (χ2v) is 8.36. The molecule has 4 aromatic rings. The number of aryl methyl sites for hydroxylation is 1. The molecule has 0 spiro atoms. The monoisotopic (exact) mass is 500 g/mol. The van der Waals surface area contributed by atoms with Crippen LogP contribution in [0.3, 0.4) is 0 Å². The Morgan fingerprint density at radius 2 is 1.38 bits per heavy atom. The zero-order valence-corrected chi connectivity index (χ0v) is 19.9. The van der Waals surface area contributed by atoms with E-state index in [1.165, 1.54) is 11.6 Å². The minimum atomic E-state index is -4.79. The number of rotatable bonds is 3. The fraction of sp³-hybridized carbons (Fsp3) is 0.125. The van der Waals surface area contributed by atoms with Crippen molar-refractivity contribution in [2.45, 2.75) is 25.9 Å². The van der Waals surface area contributed by atoms with E-state index >= 15 is 4.39 Å². The molecule has 4 aromatic carbocycles. The molecule has 184 valence electrons. The maximum absolute atomic E-state index is 15.0. The average molecular weight is 501 g/mol. The summed E-state index contributed by atoms with van der Waals surface area (Å²) in [5, 5.41) is 0.969. The Hall–Kier alpha value is -4.35. The lowest BCUT2D eigenvalue weighted by molar-refractivity contribution is -0.140. The lowest BCUT2D eigenvalue weighted by Gasteiger charge is -2.07. The van der Waals surface area contributed by atoms with Gasteiger partial charge in [0.1, 0.15) is 11.6 Å². The number of hydrogen-bond acceptors (Lipinski definition) is 0. The van der Waals surface area contributed by atoms with Crippen molar-refractivity contribution in [2.75, 3.05) is 0 Å². The highest BCUT2D eigenvalue weighted by Crippen LogP contribution is 2.31. The van der Waals surface area contributed by atoms with Crippen LogP contribution in [0.4, 0.5) is 22.0 Å². The third kappa shape index (κ3) is 6.46. The highest BCUT2D eigenvalue weighted by Gasteiger charge is 2.33. The molecule has 0 N–H and O–H groups in total. The van der Waals surface area contributed by atoms with Gasteiger partial charge in [-0.1, -0.05) is 60.1 Å². The Bertz CT molecular complexity index is 1580. The standard InChI is InChI=1S/C32H21F5/c1-2-3-4-5-22-6-8-23(9-7-22)10-11-24-13-18-28-27(20-24)17-16-26(31(28)34)15-12-25-14-19-29(30(33)21-25)32(35,36)37/h2-3,6-9,13-14,16-21H,4-5H2,1H3/b3-2+. The van der Waals surface area contributed by atoms with Crippen molar-refractivity contribution in [3.8, 4) is 23.7 Å². The molecule has 0 heterocycles. The van der Waals surface area contributed by atoms with Crippen molar-refractivity contribution in [3.63, 3.8) is 0 Å². The molecule has 4 rings (SSSR count). The van der Waals surface area contributed by atoms with Crippen LogP contribution in [-0.2, 0) is 12.6 Å². The molecule has 0 radical (unpaired) electrons. The molecule has 0 aliphatic rings. The third-order valence-electron chi connectivity index (χ3n) is 5.71. The van der Waals surface area contributed by atoms with E-state index in [1.54, 1.807) is 24.3 Å². The fourth-order valence-electron chi connectivity index (χ4n) is 3.74. The average Bonchev–Trinajstić information content (AvgIpc) is 2.87. The molecular formula is C32H21F5. The van der Waals surface area contributed by atoms with Crippen molar-refractivity contribution >= 4 is 10.8 Å². The molecule has 0 fully saturated rings. The topological polar surface area (TPSA) is 0 Å². The van der Waals surface area contributed by atoms with Gasteiger partial charge in [0.2, 0.25) is 0 Å². The van der Waals surface area contributed by atoms with Gasteiger partial charge in [0, 0.05) is 22.1 Å². The summed E-state index contributed by atoms with van der Waals surface area (Å²) in [6.07, 6.45) is 1.35. The zero-order valence-electron chi connectivity index (χ0n) is 19.9. The summed E-state index contributed by atoms with van der Waals surface area (Å²) in [4.78, 5) is 0.